The first-order valence-corrected chi connectivity index (χ1v) is 12.7. The zero-order valence-corrected chi connectivity index (χ0v) is 21.8. The van der Waals surface area contributed by atoms with Crippen molar-refractivity contribution in [3.05, 3.63) is 51.1 Å². The summed E-state index contributed by atoms with van der Waals surface area (Å²) < 4.78 is 6.56. The van der Waals surface area contributed by atoms with Crippen LogP contribution < -0.4 is 15.4 Å². The average Bonchev–Trinajstić information content (AvgIpc) is 2.82. The molecule has 8 heteroatoms. The molecule has 0 bridgehead atoms. The first-order valence-electron chi connectivity index (χ1n) is 11.5. The molecule has 0 amide bonds. The molecule has 1 aliphatic rings. The van der Waals surface area contributed by atoms with E-state index in [-0.39, 0.29) is 0 Å². The normalized spacial score (nSPS) is 17.6. The van der Waals surface area contributed by atoms with Crippen LogP contribution >= 0.6 is 27.5 Å². The monoisotopic (exact) mass is 539 g/mol. The third-order valence-electron chi connectivity index (χ3n) is 5.76. The van der Waals surface area contributed by atoms with E-state index in [1.54, 1.807) is 6.07 Å². The van der Waals surface area contributed by atoms with Crippen LogP contribution in [0.4, 0.5) is 5.82 Å². The van der Waals surface area contributed by atoms with Gasteiger partial charge in [0.2, 0.25) is 0 Å². The van der Waals surface area contributed by atoms with E-state index < -0.39 is 0 Å². The molecule has 1 aliphatic carbocycles. The van der Waals surface area contributed by atoms with Crippen LogP contribution in [0.25, 0.3) is 0 Å². The van der Waals surface area contributed by atoms with Crippen molar-refractivity contribution in [1.29, 1.82) is 0 Å². The van der Waals surface area contributed by atoms with E-state index in [4.69, 9.17) is 21.4 Å². The largest absolute Gasteiger partial charge is 0.494 e. The van der Waals surface area contributed by atoms with Gasteiger partial charge in [0, 0.05) is 34.9 Å². The minimum absolute atomic E-state index is 0.376. The summed E-state index contributed by atoms with van der Waals surface area (Å²) in [6, 6.07) is 7.40. The number of nitrogens with one attached hydrogen (secondary N) is 2. The molecule has 182 valence electrons. The molecule has 1 fully saturated rings. The van der Waals surface area contributed by atoms with Crippen LogP contribution in [0.1, 0.15) is 54.9 Å². The molecule has 1 heterocycles. The maximum absolute atomic E-state index is 10.7. The summed E-state index contributed by atoms with van der Waals surface area (Å²) in [6.07, 6.45) is 8.57. The van der Waals surface area contributed by atoms with Gasteiger partial charge in [-0.1, -0.05) is 40.4 Å². The Morgan fingerprint density at radius 2 is 1.97 bits per heavy atom. The van der Waals surface area contributed by atoms with Crippen LogP contribution in [0.2, 0.25) is 5.02 Å². The topological polar surface area (TPSA) is 83.5 Å². The highest BCUT2D eigenvalue weighted by Crippen LogP contribution is 2.30. The summed E-state index contributed by atoms with van der Waals surface area (Å²) in [7, 11) is 2.03. The van der Waals surface area contributed by atoms with Gasteiger partial charge in [-0.15, -0.1) is 0 Å². The van der Waals surface area contributed by atoms with E-state index in [1.165, 1.54) is 38.4 Å². The number of aldehydes is 1. The number of pyridine rings is 1. The van der Waals surface area contributed by atoms with E-state index in [2.05, 4.69) is 31.5 Å². The summed E-state index contributed by atoms with van der Waals surface area (Å²) in [4.78, 5) is 14.8. The second-order valence-corrected chi connectivity index (χ2v) is 9.54. The van der Waals surface area contributed by atoms with Crippen LogP contribution in [-0.4, -0.2) is 43.2 Å². The molecule has 0 radical (unpaired) electrons. The van der Waals surface area contributed by atoms with Crippen molar-refractivity contribution in [1.82, 2.24) is 10.3 Å². The number of aliphatic hydroxyl groups is 1. The lowest BCUT2D eigenvalue weighted by molar-refractivity contribution is 0.112. The van der Waals surface area contributed by atoms with Crippen molar-refractivity contribution >= 4 is 39.6 Å². The van der Waals surface area contributed by atoms with Crippen LogP contribution in [-0.2, 0) is 6.54 Å². The van der Waals surface area contributed by atoms with Gasteiger partial charge in [0.1, 0.15) is 11.6 Å². The summed E-state index contributed by atoms with van der Waals surface area (Å²) in [6.45, 7) is 4.60. The summed E-state index contributed by atoms with van der Waals surface area (Å²) in [5.74, 6) is 3.05. The molecule has 3 rings (SSSR count). The number of anilines is 1. The second-order valence-electron chi connectivity index (χ2n) is 8.21. The van der Waals surface area contributed by atoms with Gasteiger partial charge in [-0.05, 0) is 75.9 Å². The van der Waals surface area contributed by atoms with Gasteiger partial charge in [0.25, 0.3) is 0 Å². The van der Waals surface area contributed by atoms with E-state index in [9.17, 15) is 4.79 Å². The van der Waals surface area contributed by atoms with Gasteiger partial charge in [0.15, 0.2) is 6.29 Å². The number of halogens is 2. The molecule has 6 nitrogen and oxygen atoms in total. The maximum atomic E-state index is 10.7. The minimum atomic E-state index is 0.376. The Bertz CT molecular complexity index is 847. The van der Waals surface area contributed by atoms with Crippen molar-refractivity contribution < 1.29 is 14.6 Å². The van der Waals surface area contributed by atoms with Gasteiger partial charge in [-0.25, -0.2) is 4.98 Å². The number of carbonyl (C=O) groups is 1. The predicted octanol–water partition coefficient (Wildman–Crippen LogP) is 5.72. The fourth-order valence-corrected chi connectivity index (χ4v) is 4.65. The minimum Gasteiger partial charge on any atom is -0.494 e. The van der Waals surface area contributed by atoms with Crippen molar-refractivity contribution in [3.8, 4) is 5.75 Å². The van der Waals surface area contributed by atoms with Crippen molar-refractivity contribution in [2.75, 3.05) is 32.1 Å². The summed E-state index contributed by atoms with van der Waals surface area (Å²) in [5, 5.41) is 15.6. The Kier molecular flexibility index (Phi) is 12.8. The third kappa shape index (κ3) is 9.61. The van der Waals surface area contributed by atoms with Crippen molar-refractivity contribution in [2.45, 2.75) is 45.6 Å². The predicted molar refractivity (Wildman–Crippen MR) is 138 cm³/mol. The fraction of sp³-hybridized carbons (Fsp3) is 0.520. The highest BCUT2D eigenvalue weighted by Gasteiger charge is 2.19. The number of benzene rings is 1. The molecular formula is C25H35BrClN3O3. The number of ether oxygens (including phenoxy) is 1. The number of aliphatic hydroxyl groups excluding tert-OH is 1. The van der Waals surface area contributed by atoms with Crippen LogP contribution in [0.5, 0.6) is 5.75 Å². The first kappa shape index (κ1) is 27.6. The number of rotatable bonds is 10. The lowest BCUT2D eigenvalue weighted by Gasteiger charge is -2.27. The molecule has 1 aromatic heterocycles. The molecule has 1 aromatic carbocycles. The SMILES string of the molecule is CCOc1ccc(Br)cc1CNc1ncc(C=O)cc1Cl.CNCC1CCC(CCO)CC1. The lowest BCUT2D eigenvalue weighted by Crippen LogP contribution is -2.24. The van der Waals surface area contributed by atoms with Crippen LogP contribution in [0.15, 0.2) is 34.9 Å². The Balaban J connectivity index is 0.000000273. The molecule has 1 saturated carbocycles. The molecular weight excluding hydrogens is 506 g/mol. The Morgan fingerprint density at radius 1 is 1.24 bits per heavy atom. The van der Waals surface area contributed by atoms with E-state index in [1.807, 2.05) is 32.2 Å². The lowest BCUT2D eigenvalue weighted by atomic mass is 9.81. The van der Waals surface area contributed by atoms with Gasteiger partial charge in [0.05, 0.1) is 11.6 Å². The molecule has 0 aliphatic heterocycles. The van der Waals surface area contributed by atoms with Crippen LogP contribution in [0, 0.1) is 11.8 Å². The quantitative estimate of drug-likeness (QED) is 0.335. The number of aromatic nitrogens is 1. The molecule has 0 saturated heterocycles. The molecule has 33 heavy (non-hydrogen) atoms. The number of carbonyl (C=O) groups excluding carboxylic acids is 1. The van der Waals surface area contributed by atoms with E-state index in [0.717, 1.165) is 34.0 Å². The van der Waals surface area contributed by atoms with Crippen LogP contribution in [0.3, 0.4) is 0 Å². The van der Waals surface area contributed by atoms with Gasteiger partial charge in [-0.3, -0.25) is 4.79 Å². The molecule has 0 spiro atoms. The van der Waals surface area contributed by atoms with Crippen molar-refractivity contribution in [2.24, 2.45) is 11.8 Å². The van der Waals surface area contributed by atoms with Gasteiger partial charge >= 0.3 is 0 Å². The summed E-state index contributed by atoms with van der Waals surface area (Å²) in [5.41, 5.74) is 1.44. The van der Waals surface area contributed by atoms with E-state index in [0.29, 0.717) is 42.4 Å². The molecule has 2 aromatic rings. The number of hydrogen-bond acceptors (Lipinski definition) is 6. The summed E-state index contributed by atoms with van der Waals surface area (Å²) >= 11 is 9.53. The highest BCUT2D eigenvalue weighted by atomic mass is 79.9. The third-order valence-corrected chi connectivity index (χ3v) is 6.54. The second kappa shape index (κ2) is 15.3. The van der Waals surface area contributed by atoms with Crippen molar-refractivity contribution in [3.63, 3.8) is 0 Å². The number of hydrogen-bond donors (Lipinski definition) is 3. The van der Waals surface area contributed by atoms with Gasteiger partial charge in [-0.2, -0.15) is 0 Å². The Morgan fingerprint density at radius 3 is 2.58 bits per heavy atom. The highest BCUT2D eigenvalue weighted by molar-refractivity contribution is 9.10. The first-order chi connectivity index (χ1) is 16.0. The maximum Gasteiger partial charge on any atom is 0.151 e. The Labute approximate surface area is 210 Å². The number of nitrogens with zero attached hydrogens (tertiary/aromatic N) is 1. The zero-order chi connectivity index (χ0) is 24.1. The average molecular weight is 541 g/mol. The van der Waals surface area contributed by atoms with E-state index >= 15 is 0 Å². The standard InChI is InChI=1S/C15H14BrClN2O2.C10H21NO/c1-2-21-14-4-3-12(16)6-11(14)8-19-15-13(17)5-10(9-20)7-18-15;1-11-8-10-4-2-9(3-5-10)6-7-12/h3-7,9H,2,8H2,1H3,(H,18,19);9-12H,2-8H2,1H3. The smallest absolute Gasteiger partial charge is 0.151 e. The fourth-order valence-electron chi connectivity index (χ4n) is 4.00. The molecule has 3 N–H and O–H groups in total. The van der Waals surface area contributed by atoms with Gasteiger partial charge < -0.3 is 20.5 Å². The zero-order valence-electron chi connectivity index (χ0n) is 19.4. The molecule has 0 unspecified atom stereocenters. The molecule has 0 atom stereocenters. The Hall–Kier alpha value is -1.67.